The van der Waals surface area contributed by atoms with Gasteiger partial charge in [-0.2, -0.15) is 0 Å². The van der Waals surface area contributed by atoms with E-state index in [4.69, 9.17) is 4.52 Å². The molecule has 1 aliphatic rings. The number of nitrogens with zero attached hydrogens (tertiary/aromatic N) is 4. The van der Waals surface area contributed by atoms with E-state index < -0.39 is 0 Å². The molecule has 7 heteroatoms. The summed E-state index contributed by atoms with van der Waals surface area (Å²) in [7, 11) is 1.85. The summed E-state index contributed by atoms with van der Waals surface area (Å²) < 4.78 is 5.30. The van der Waals surface area contributed by atoms with Gasteiger partial charge in [-0.25, -0.2) is 4.98 Å². The minimum atomic E-state index is 0.0325. The van der Waals surface area contributed by atoms with Gasteiger partial charge in [0.25, 0.3) is 5.91 Å². The Bertz CT molecular complexity index is 771. The third kappa shape index (κ3) is 3.71. The molecule has 7 nitrogen and oxygen atoms in total. The smallest absolute Gasteiger partial charge is 0.259 e. The molecule has 0 radical (unpaired) electrons. The first-order valence-electron chi connectivity index (χ1n) is 9.24. The molecule has 0 unspecified atom stereocenters. The number of aromatic nitrogens is 3. The molecule has 0 aromatic carbocycles. The number of amides is 1. The first-order valence-corrected chi connectivity index (χ1v) is 9.24. The second-order valence-corrected chi connectivity index (χ2v) is 7.22. The van der Waals surface area contributed by atoms with Gasteiger partial charge in [0.2, 0.25) is 0 Å². The van der Waals surface area contributed by atoms with Crippen molar-refractivity contribution in [3.05, 3.63) is 35.1 Å². The highest BCUT2D eigenvalue weighted by molar-refractivity contribution is 5.96. The fraction of sp³-hybridized carbons (Fsp3) is 0.579. The molecule has 26 heavy (non-hydrogen) atoms. The fourth-order valence-electron chi connectivity index (χ4n) is 3.62. The highest BCUT2D eigenvalue weighted by atomic mass is 16.5. The van der Waals surface area contributed by atoms with Crippen LogP contribution in [0.1, 0.15) is 60.1 Å². The van der Waals surface area contributed by atoms with Crippen LogP contribution in [0, 0.1) is 12.8 Å². The van der Waals surface area contributed by atoms with Crippen molar-refractivity contribution in [2.75, 3.05) is 25.5 Å². The van der Waals surface area contributed by atoms with Crippen LogP contribution in [0.3, 0.4) is 0 Å². The van der Waals surface area contributed by atoms with Gasteiger partial charge in [-0.1, -0.05) is 19.0 Å². The van der Waals surface area contributed by atoms with Gasteiger partial charge < -0.3 is 14.7 Å². The monoisotopic (exact) mass is 357 g/mol. The molecule has 1 amide bonds. The van der Waals surface area contributed by atoms with Gasteiger partial charge in [-0.3, -0.25) is 9.78 Å². The summed E-state index contributed by atoms with van der Waals surface area (Å²) >= 11 is 0. The minimum Gasteiger partial charge on any atom is -0.372 e. The summed E-state index contributed by atoms with van der Waals surface area (Å²) in [6, 6.07) is 0. The van der Waals surface area contributed by atoms with Gasteiger partial charge >= 0.3 is 0 Å². The average Bonchev–Trinajstić information content (AvgIpc) is 3.03. The van der Waals surface area contributed by atoms with Gasteiger partial charge in [0.1, 0.15) is 17.1 Å². The number of likely N-dealkylation sites (tertiary alicyclic amines) is 1. The molecule has 3 rings (SSSR count). The minimum absolute atomic E-state index is 0.0325. The lowest BCUT2D eigenvalue weighted by molar-refractivity contribution is 0.0669. The SMILES string of the molecule is CNc1nccnc1C[C@@H]1CCCN(C(=O)c2c(C(C)C)noc2C)C1. The molecule has 1 saturated heterocycles. The summed E-state index contributed by atoms with van der Waals surface area (Å²) in [6.45, 7) is 7.37. The second-order valence-electron chi connectivity index (χ2n) is 7.22. The molecule has 0 bridgehead atoms. The molecule has 1 fully saturated rings. The van der Waals surface area contributed by atoms with Gasteiger partial charge in [0.15, 0.2) is 0 Å². The first-order chi connectivity index (χ1) is 12.5. The van der Waals surface area contributed by atoms with Crippen molar-refractivity contribution >= 4 is 11.7 Å². The molecule has 3 heterocycles. The van der Waals surface area contributed by atoms with Crippen molar-refractivity contribution in [3.63, 3.8) is 0 Å². The molecule has 2 aromatic heterocycles. The topological polar surface area (TPSA) is 84.2 Å². The van der Waals surface area contributed by atoms with Crippen molar-refractivity contribution in [3.8, 4) is 0 Å². The van der Waals surface area contributed by atoms with Crippen LogP contribution in [0.5, 0.6) is 0 Å². The quantitative estimate of drug-likeness (QED) is 0.885. The molecular weight excluding hydrogens is 330 g/mol. The van der Waals surface area contributed by atoms with Crippen molar-refractivity contribution < 1.29 is 9.32 Å². The molecule has 140 valence electrons. The van der Waals surface area contributed by atoms with E-state index in [0.717, 1.165) is 49.6 Å². The third-order valence-corrected chi connectivity index (χ3v) is 4.95. The first kappa shape index (κ1) is 18.4. The summed E-state index contributed by atoms with van der Waals surface area (Å²) in [6.07, 6.45) is 6.30. The number of piperidine rings is 1. The maximum atomic E-state index is 13.1. The zero-order valence-electron chi connectivity index (χ0n) is 16.0. The number of hydrogen-bond donors (Lipinski definition) is 1. The second kappa shape index (κ2) is 7.85. The van der Waals surface area contributed by atoms with Crippen molar-refractivity contribution in [2.24, 2.45) is 5.92 Å². The van der Waals surface area contributed by atoms with E-state index in [1.807, 2.05) is 32.7 Å². The standard InChI is InChI=1S/C19H27N5O2/c1-12(2)17-16(13(3)26-23-17)19(25)24-9-5-6-14(11-24)10-15-18(20-4)22-8-7-21-15/h7-8,12,14H,5-6,9-11H2,1-4H3,(H,20,22)/t14-/m0/s1. The van der Waals surface area contributed by atoms with E-state index in [1.165, 1.54) is 0 Å². The molecule has 1 aliphatic heterocycles. The number of carbonyl (C=O) groups is 1. The Morgan fingerprint density at radius 2 is 2.15 bits per heavy atom. The maximum absolute atomic E-state index is 13.1. The Morgan fingerprint density at radius 1 is 1.38 bits per heavy atom. The zero-order valence-corrected chi connectivity index (χ0v) is 16.0. The Labute approximate surface area is 154 Å². The molecule has 2 aromatic rings. The molecule has 0 spiro atoms. The molecule has 0 saturated carbocycles. The summed E-state index contributed by atoms with van der Waals surface area (Å²) in [5.41, 5.74) is 2.34. The normalized spacial score (nSPS) is 17.6. The van der Waals surface area contributed by atoms with E-state index in [0.29, 0.717) is 17.2 Å². The molecule has 1 atom stereocenters. The Kier molecular flexibility index (Phi) is 5.54. The zero-order chi connectivity index (χ0) is 18.7. The van der Waals surface area contributed by atoms with Gasteiger partial charge in [-0.05, 0) is 38.0 Å². The lowest BCUT2D eigenvalue weighted by Crippen LogP contribution is -2.41. The number of carbonyl (C=O) groups excluding carboxylic acids is 1. The van der Waals surface area contributed by atoms with Crippen molar-refractivity contribution in [2.45, 2.75) is 46.0 Å². The van der Waals surface area contributed by atoms with Crippen LogP contribution in [0.15, 0.2) is 16.9 Å². The summed E-state index contributed by atoms with van der Waals surface area (Å²) in [5, 5.41) is 7.19. The Balaban J connectivity index is 1.74. The fourth-order valence-corrected chi connectivity index (χ4v) is 3.62. The van der Waals surface area contributed by atoms with E-state index in [1.54, 1.807) is 12.4 Å². The van der Waals surface area contributed by atoms with Crippen LogP contribution in [-0.4, -0.2) is 46.1 Å². The van der Waals surface area contributed by atoms with Crippen LogP contribution < -0.4 is 5.32 Å². The van der Waals surface area contributed by atoms with E-state index in [9.17, 15) is 4.79 Å². The van der Waals surface area contributed by atoms with Gasteiger partial charge in [0, 0.05) is 32.5 Å². The lowest BCUT2D eigenvalue weighted by Gasteiger charge is -2.33. The number of aryl methyl sites for hydroxylation is 1. The molecule has 1 N–H and O–H groups in total. The number of nitrogens with one attached hydrogen (secondary N) is 1. The van der Waals surface area contributed by atoms with Crippen LogP contribution in [0.25, 0.3) is 0 Å². The van der Waals surface area contributed by atoms with Crippen LogP contribution in [-0.2, 0) is 6.42 Å². The molecule has 0 aliphatic carbocycles. The maximum Gasteiger partial charge on any atom is 0.259 e. The predicted molar refractivity (Wildman–Crippen MR) is 99.2 cm³/mol. The van der Waals surface area contributed by atoms with Crippen LogP contribution >= 0.6 is 0 Å². The van der Waals surface area contributed by atoms with Gasteiger partial charge in [-0.15, -0.1) is 0 Å². The lowest BCUT2D eigenvalue weighted by atomic mass is 9.92. The van der Waals surface area contributed by atoms with Crippen molar-refractivity contribution in [1.82, 2.24) is 20.0 Å². The van der Waals surface area contributed by atoms with Gasteiger partial charge in [0.05, 0.1) is 11.4 Å². The highest BCUT2D eigenvalue weighted by Gasteiger charge is 2.30. The van der Waals surface area contributed by atoms with Crippen molar-refractivity contribution in [1.29, 1.82) is 0 Å². The summed E-state index contributed by atoms with van der Waals surface area (Å²) in [5.74, 6) is 1.98. The number of rotatable bonds is 5. The summed E-state index contributed by atoms with van der Waals surface area (Å²) in [4.78, 5) is 23.8. The average molecular weight is 357 g/mol. The van der Waals surface area contributed by atoms with Crippen LogP contribution in [0.2, 0.25) is 0 Å². The largest absolute Gasteiger partial charge is 0.372 e. The van der Waals surface area contributed by atoms with E-state index in [-0.39, 0.29) is 11.8 Å². The highest BCUT2D eigenvalue weighted by Crippen LogP contribution is 2.27. The number of hydrogen-bond acceptors (Lipinski definition) is 6. The Hall–Kier alpha value is -2.44. The third-order valence-electron chi connectivity index (χ3n) is 4.95. The van der Waals surface area contributed by atoms with E-state index >= 15 is 0 Å². The Morgan fingerprint density at radius 3 is 2.88 bits per heavy atom. The molecular formula is C19H27N5O2. The number of anilines is 1. The van der Waals surface area contributed by atoms with E-state index in [2.05, 4.69) is 20.4 Å². The predicted octanol–water partition coefficient (Wildman–Crippen LogP) is 3.03. The van der Waals surface area contributed by atoms with Crippen LogP contribution in [0.4, 0.5) is 5.82 Å².